The number of para-hydroxylation sites is 1. The third-order valence-electron chi connectivity index (χ3n) is 6.00. The van der Waals surface area contributed by atoms with Gasteiger partial charge in [-0.2, -0.15) is 0 Å². The van der Waals surface area contributed by atoms with Gasteiger partial charge in [0, 0.05) is 17.0 Å². The van der Waals surface area contributed by atoms with E-state index in [-0.39, 0.29) is 11.5 Å². The molecule has 0 saturated carbocycles. The smallest absolute Gasteiger partial charge is 0.411 e. The molecule has 1 aromatic carbocycles. The van der Waals surface area contributed by atoms with E-state index in [1.807, 2.05) is 30.3 Å². The van der Waals surface area contributed by atoms with Crippen molar-refractivity contribution >= 4 is 11.8 Å². The Bertz CT molecular complexity index is 627. The van der Waals surface area contributed by atoms with Gasteiger partial charge in [0.1, 0.15) is 6.61 Å². The first-order valence-electron chi connectivity index (χ1n) is 8.73. The fraction of sp³-hybridized carbons (Fsp3) is 0.550. The molecular weight excluding hydrogens is 302 g/mol. The quantitative estimate of drug-likeness (QED) is 0.831. The number of ether oxygens (including phenoxy) is 2. The lowest BCUT2D eigenvalue weighted by Crippen LogP contribution is -2.56. The number of nitrogens with one attached hydrogen (secondary N) is 1. The van der Waals surface area contributed by atoms with Crippen LogP contribution in [0.15, 0.2) is 42.0 Å². The van der Waals surface area contributed by atoms with E-state index in [0.717, 1.165) is 5.69 Å². The summed E-state index contributed by atoms with van der Waals surface area (Å²) in [7, 11) is 0. The van der Waals surface area contributed by atoms with Crippen molar-refractivity contribution in [3.63, 3.8) is 0 Å². The molecule has 2 aliphatic rings. The van der Waals surface area contributed by atoms with Crippen molar-refractivity contribution in [1.82, 2.24) is 0 Å². The average Bonchev–Trinajstić information content (AvgIpc) is 2.54. The van der Waals surface area contributed by atoms with Crippen molar-refractivity contribution in [2.75, 3.05) is 18.5 Å². The van der Waals surface area contributed by atoms with Crippen LogP contribution >= 0.6 is 0 Å². The Morgan fingerprint density at radius 2 is 2.00 bits per heavy atom. The van der Waals surface area contributed by atoms with Gasteiger partial charge in [-0.3, -0.25) is 5.32 Å². The topological polar surface area (TPSA) is 47.6 Å². The molecule has 1 N–H and O–H groups in total. The Hall–Kier alpha value is -1.81. The molecule has 1 aliphatic carbocycles. The summed E-state index contributed by atoms with van der Waals surface area (Å²) < 4.78 is 11.7. The summed E-state index contributed by atoms with van der Waals surface area (Å²) in [4.78, 5) is 12.2. The van der Waals surface area contributed by atoms with Gasteiger partial charge in [-0.15, -0.1) is 0 Å². The second-order valence-electron chi connectivity index (χ2n) is 7.33. The molecule has 5 atom stereocenters. The summed E-state index contributed by atoms with van der Waals surface area (Å²) >= 11 is 0. The number of hydrogen-bond acceptors (Lipinski definition) is 3. The molecule has 4 heteroatoms. The lowest BCUT2D eigenvalue weighted by Gasteiger charge is -2.54. The fourth-order valence-corrected chi connectivity index (χ4v) is 4.45. The van der Waals surface area contributed by atoms with Crippen molar-refractivity contribution in [3.05, 3.63) is 42.0 Å². The zero-order valence-electron chi connectivity index (χ0n) is 14.9. The maximum Gasteiger partial charge on any atom is 0.411 e. The van der Waals surface area contributed by atoms with E-state index < -0.39 is 6.09 Å². The molecular formula is C20H27NO3. The van der Waals surface area contributed by atoms with Crippen LogP contribution in [0.2, 0.25) is 0 Å². The van der Waals surface area contributed by atoms with Crippen LogP contribution in [0.3, 0.4) is 0 Å². The van der Waals surface area contributed by atoms with Crippen LogP contribution in [0.4, 0.5) is 10.5 Å². The summed E-state index contributed by atoms with van der Waals surface area (Å²) in [6.07, 6.45) is 2.15. The van der Waals surface area contributed by atoms with Crippen molar-refractivity contribution in [2.24, 2.45) is 23.2 Å². The minimum atomic E-state index is -0.406. The monoisotopic (exact) mass is 329 g/mol. The van der Waals surface area contributed by atoms with Crippen molar-refractivity contribution < 1.29 is 14.3 Å². The van der Waals surface area contributed by atoms with Gasteiger partial charge in [-0.1, -0.05) is 43.7 Å². The second-order valence-corrected chi connectivity index (χ2v) is 7.33. The number of carbonyl (C=O) groups is 1. The summed E-state index contributed by atoms with van der Waals surface area (Å²) in [5, 5.41) is 2.78. The Kier molecular flexibility index (Phi) is 4.68. The van der Waals surface area contributed by atoms with Gasteiger partial charge in [0.2, 0.25) is 0 Å². The van der Waals surface area contributed by atoms with Crippen LogP contribution in [0.1, 0.15) is 27.7 Å². The van der Waals surface area contributed by atoms with Crippen molar-refractivity contribution in [2.45, 2.75) is 33.8 Å². The molecule has 2 bridgehead atoms. The maximum absolute atomic E-state index is 12.2. The molecule has 24 heavy (non-hydrogen) atoms. The Labute approximate surface area is 144 Å². The SMILES string of the molecule is CC1=C[C@H](C)[C@@]2(COC(=O)Nc3ccccc3)CO[C@@H](C)[C@H]1[C@H]2C. The van der Waals surface area contributed by atoms with E-state index in [1.165, 1.54) is 5.57 Å². The van der Waals surface area contributed by atoms with Crippen LogP contribution < -0.4 is 5.32 Å². The molecule has 4 nitrogen and oxygen atoms in total. The molecule has 1 aliphatic heterocycles. The number of hydrogen-bond donors (Lipinski definition) is 1. The fourth-order valence-electron chi connectivity index (χ4n) is 4.45. The molecule has 1 amide bonds. The van der Waals surface area contributed by atoms with E-state index in [1.54, 1.807) is 0 Å². The zero-order valence-corrected chi connectivity index (χ0v) is 14.9. The van der Waals surface area contributed by atoms with Crippen LogP contribution in [0.5, 0.6) is 0 Å². The molecule has 0 radical (unpaired) electrons. The van der Waals surface area contributed by atoms with Crippen LogP contribution in [0, 0.1) is 23.2 Å². The van der Waals surface area contributed by atoms with E-state index in [0.29, 0.717) is 31.0 Å². The second kappa shape index (κ2) is 6.60. The Balaban J connectivity index is 1.70. The van der Waals surface area contributed by atoms with E-state index in [9.17, 15) is 4.79 Å². The minimum Gasteiger partial charge on any atom is -0.449 e. The van der Waals surface area contributed by atoms with Gasteiger partial charge in [0.15, 0.2) is 0 Å². The third kappa shape index (κ3) is 2.95. The number of rotatable bonds is 3. The molecule has 0 spiro atoms. The summed E-state index contributed by atoms with van der Waals surface area (Å²) in [5.74, 6) is 1.14. The first-order valence-corrected chi connectivity index (χ1v) is 8.73. The first kappa shape index (κ1) is 17.0. The van der Waals surface area contributed by atoms with Gasteiger partial charge in [-0.05, 0) is 37.8 Å². The number of carbonyl (C=O) groups excluding carboxylic acids is 1. The van der Waals surface area contributed by atoms with E-state index in [4.69, 9.17) is 9.47 Å². The van der Waals surface area contributed by atoms with Crippen LogP contribution in [-0.2, 0) is 9.47 Å². The highest BCUT2D eigenvalue weighted by molar-refractivity contribution is 5.84. The molecule has 0 unspecified atom stereocenters. The number of amides is 1. The zero-order chi connectivity index (χ0) is 17.3. The molecule has 1 aromatic rings. The van der Waals surface area contributed by atoms with Crippen molar-refractivity contribution in [3.8, 4) is 0 Å². The molecule has 0 aromatic heterocycles. The highest BCUT2D eigenvalue weighted by Gasteiger charge is 2.53. The molecule has 130 valence electrons. The van der Waals surface area contributed by atoms with Crippen LogP contribution in [0.25, 0.3) is 0 Å². The van der Waals surface area contributed by atoms with Gasteiger partial charge in [0.05, 0.1) is 12.7 Å². The lowest BCUT2D eigenvalue weighted by molar-refractivity contribution is -0.156. The van der Waals surface area contributed by atoms with E-state index >= 15 is 0 Å². The number of fused-ring (bicyclic) bond motifs is 2. The molecule has 1 heterocycles. The largest absolute Gasteiger partial charge is 0.449 e. The number of allylic oxidation sites excluding steroid dienone is 1. The predicted octanol–water partition coefficient (Wildman–Crippen LogP) is 4.49. The predicted molar refractivity (Wildman–Crippen MR) is 94.8 cm³/mol. The Morgan fingerprint density at radius 3 is 2.71 bits per heavy atom. The highest BCUT2D eigenvalue weighted by atomic mass is 16.6. The molecule has 1 saturated heterocycles. The minimum absolute atomic E-state index is 0.148. The standard InChI is InChI=1S/C20H27NO3/c1-13-10-14(2)20(11-23-16(4)18(13)15(20)3)12-24-19(22)21-17-8-6-5-7-9-17/h5-10,14-16,18H,11-12H2,1-4H3,(H,21,22)/t14-,15+,16-,18+,20-/m0/s1. The van der Waals surface area contributed by atoms with Gasteiger partial charge in [0.25, 0.3) is 0 Å². The lowest BCUT2D eigenvalue weighted by atomic mass is 9.56. The summed E-state index contributed by atoms with van der Waals surface area (Å²) in [5.41, 5.74) is 1.99. The van der Waals surface area contributed by atoms with Crippen molar-refractivity contribution in [1.29, 1.82) is 0 Å². The van der Waals surface area contributed by atoms with Gasteiger partial charge in [-0.25, -0.2) is 4.79 Å². The summed E-state index contributed by atoms with van der Waals surface area (Å²) in [6, 6.07) is 9.37. The van der Waals surface area contributed by atoms with Crippen LogP contribution in [-0.4, -0.2) is 25.4 Å². The van der Waals surface area contributed by atoms with E-state index in [2.05, 4.69) is 39.1 Å². The number of benzene rings is 1. The molecule has 3 rings (SSSR count). The highest BCUT2D eigenvalue weighted by Crippen LogP contribution is 2.52. The summed E-state index contributed by atoms with van der Waals surface area (Å²) in [6.45, 7) is 9.82. The maximum atomic E-state index is 12.2. The molecule has 1 fully saturated rings. The van der Waals surface area contributed by atoms with Gasteiger partial charge >= 0.3 is 6.09 Å². The third-order valence-corrected chi connectivity index (χ3v) is 6.00. The normalized spacial score (nSPS) is 35.1. The number of anilines is 1. The average molecular weight is 329 g/mol. The van der Waals surface area contributed by atoms with Gasteiger partial charge < -0.3 is 9.47 Å². The Morgan fingerprint density at radius 1 is 1.29 bits per heavy atom. The first-order chi connectivity index (χ1) is 11.4.